The van der Waals surface area contributed by atoms with Gasteiger partial charge in [0.15, 0.2) is 0 Å². The summed E-state index contributed by atoms with van der Waals surface area (Å²) in [7, 11) is 0. The number of aliphatic hydroxyl groups excluding tert-OH is 1. The predicted molar refractivity (Wildman–Crippen MR) is 107 cm³/mol. The van der Waals surface area contributed by atoms with Crippen molar-refractivity contribution in [2.75, 3.05) is 5.32 Å². The van der Waals surface area contributed by atoms with Gasteiger partial charge in [-0.15, -0.1) is 6.58 Å². The Morgan fingerprint density at radius 3 is 2.48 bits per heavy atom. The van der Waals surface area contributed by atoms with Crippen LogP contribution in [-0.2, 0) is 9.59 Å². The Kier molecular flexibility index (Phi) is 5.68. The number of rotatable bonds is 5. The lowest BCUT2D eigenvalue weighted by Crippen LogP contribution is -2.41. The first-order chi connectivity index (χ1) is 12.9. The van der Waals surface area contributed by atoms with E-state index in [1.807, 2.05) is 12.1 Å². The number of anilines is 1. The van der Waals surface area contributed by atoms with Gasteiger partial charge in [0.25, 0.3) is 11.8 Å². The van der Waals surface area contributed by atoms with E-state index in [9.17, 15) is 14.7 Å². The standard InChI is InChI=1S/C22H28N2O3/c1-3-14-22(2)19(25)18(21(27)24-22)20(26)23-17-12-10-16(11-13-17)15-8-6-4-5-7-9-15/h3,10-13,15,25H,1,4-9,14H2,2H3,(H,23,26)(H,24,27). The van der Waals surface area contributed by atoms with E-state index in [1.54, 1.807) is 13.0 Å². The van der Waals surface area contributed by atoms with Crippen LogP contribution in [0.15, 0.2) is 48.3 Å². The van der Waals surface area contributed by atoms with Gasteiger partial charge >= 0.3 is 0 Å². The number of benzene rings is 1. The van der Waals surface area contributed by atoms with Crippen LogP contribution in [-0.4, -0.2) is 22.5 Å². The SMILES string of the molecule is C=CCC1(C)NC(=O)C(C(=O)Nc2ccc(C3CCCCCC3)cc2)=C1O. The highest BCUT2D eigenvalue weighted by molar-refractivity contribution is 6.24. The molecule has 2 aliphatic rings. The van der Waals surface area contributed by atoms with Crippen LogP contribution in [0.4, 0.5) is 5.69 Å². The van der Waals surface area contributed by atoms with Gasteiger partial charge < -0.3 is 15.7 Å². The summed E-state index contributed by atoms with van der Waals surface area (Å²) in [6.07, 6.45) is 9.56. The average Bonchev–Trinajstić information content (AvgIpc) is 2.82. The summed E-state index contributed by atoms with van der Waals surface area (Å²) in [6.45, 7) is 5.30. The first-order valence-corrected chi connectivity index (χ1v) is 9.73. The number of amides is 2. The number of carbonyl (C=O) groups excluding carboxylic acids is 2. The van der Waals surface area contributed by atoms with Crippen LogP contribution >= 0.6 is 0 Å². The number of aliphatic hydroxyl groups is 1. The molecule has 1 atom stereocenters. The second-order valence-electron chi connectivity index (χ2n) is 7.77. The van der Waals surface area contributed by atoms with Gasteiger partial charge in [0.2, 0.25) is 0 Å². The zero-order valence-corrected chi connectivity index (χ0v) is 15.9. The Labute approximate surface area is 160 Å². The topological polar surface area (TPSA) is 78.4 Å². The molecule has 3 rings (SSSR count). The third kappa shape index (κ3) is 4.07. The van der Waals surface area contributed by atoms with Crippen molar-refractivity contribution < 1.29 is 14.7 Å². The van der Waals surface area contributed by atoms with Crippen molar-refractivity contribution in [1.82, 2.24) is 5.32 Å². The fraction of sp³-hybridized carbons (Fsp3) is 0.455. The molecule has 1 aromatic rings. The largest absolute Gasteiger partial charge is 0.509 e. The molecule has 3 N–H and O–H groups in total. The molecule has 144 valence electrons. The van der Waals surface area contributed by atoms with Crippen LogP contribution in [0, 0.1) is 0 Å². The van der Waals surface area contributed by atoms with E-state index in [2.05, 4.69) is 29.3 Å². The maximum Gasteiger partial charge on any atom is 0.264 e. The number of hydrogen-bond donors (Lipinski definition) is 3. The van der Waals surface area contributed by atoms with Gasteiger partial charge in [-0.25, -0.2) is 0 Å². The first kappa shape index (κ1) is 19.2. The second kappa shape index (κ2) is 7.99. The fourth-order valence-corrected chi connectivity index (χ4v) is 4.05. The lowest BCUT2D eigenvalue weighted by molar-refractivity contribution is -0.121. The van der Waals surface area contributed by atoms with E-state index in [-0.39, 0.29) is 11.3 Å². The average molecular weight is 368 g/mol. The Hall–Kier alpha value is -2.56. The van der Waals surface area contributed by atoms with Gasteiger partial charge in [-0.1, -0.05) is 43.9 Å². The Morgan fingerprint density at radius 2 is 1.89 bits per heavy atom. The molecule has 0 radical (unpaired) electrons. The zero-order chi connectivity index (χ0) is 19.4. The molecule has 5 nitrogen and oxygen atoms in total. The third-order valence-electron chi connectivity index (χ3n) is 5.65. The van der Waals surface area contributed by atoms with E-state index < -0.39 is 17.4 Å². The van der Waals surface area contributed by atoms with Crippen molar-refractivity contribution in [2.24, 2.45) is 0 Å². The molecule has 1 saturated carbocycles. The zero-order valence-electron chi connectivity index (χ0n) is 15.9. The minimum Gasteiger partial charge on any atom is -0.509 e. The molecule has 1 aliphatic heterocycles. The molecule has 1 fully saturated rings. The maximum atomic E-state index is 12.5. The highest BCUT2D eigenvalue weighted by Gasteiger charge is 2.43. The minimum absolute atomic E-state index is 0.229. The van der Waals surface area contributed by atoms with Crippen LogP contribution in [0.1, 0.15) is 63.4 Å². The molecule has 1 heterocycles. The summed E-state index contributed by atoms with van der Waals surface area (Å²) in [4.78, 5) is 24.7. The lowest BCUT2D eigenvalue weighted by atomic mass is 9.92. The van der Waals surface area contributed by atoms with Crippen molar-refractivity contribution in [3.63, 3.8) is 0 Å². The number of carbonyl (C=O) groups is 2. The van der Waals surface area contributed by atoms with Crippen LogP contribution < -0.4 is 10.6 Å². The smallest absolute Gasteiger partial charge is 0.264 e. The quantitative estimate of drug-likeness (QED) is 0.411. The van der Waals surface area contributed by atoms with Gasteiger partial charge in [-0.3, -0.25) is 9.59 Å². The minimum atomic E-state index is -0.977. The predicted octanol–water partition coefficient (Wildman–Crippen LogP) is 4.34. The molecular weight excluding hydrogens is 340 g/mol. The summed E-state index contributed by atoms with van der Waals surface area (Å²) in [5.41, 5.74) is 0.707. The molecular formula is C22H28N2O3. The molecule has 0 bridgehead atoms. The monoisotopic (exact) mass is 368 g/mol. The van der Waals surface area contributed by atoms with E-state index in [4.69, 9.17) is 0 Å². The van der Waals surface area contributed by atoms with Crippen molar-refractivity contribution >= 4 is 17.5 Å². The Morgan fingerprint density at radius 1 is 1.26 bits per heavy atom. The van der Waals surface area contributed by atoms with Gasteiger partial charge in [-0.05, 0) is 49.8 Å². The highest BCUT2D eigenvalue weighted by Crippen LogP contribution is 2.32. The molecule has 1 aliphatic carbocycles. The normalized spacial score (nSPS) is 23.7. The van der Waals surface area contributed by atoms with Gasteiger partial charge in [-0.2, -0.15) is 0 Å². The van der Waals surface area contributed by atoms with E-state index in [1.165, 1.54) is 44.1 Å². The summed E-state index contributed by atoms with van der Waals surface area (Å²) >= 11 is 0. The number of nitrogens with one attached hydrogen (secondary N) is 2. The molecule has 27 heavy (non-hydrogen) atoms. The number of hydrogen-bond acceptors (Lipinski definition) is 3. The fourth-order valence-electron chi connectivity index (χ4n) is 4.05. The van der Waals surface area contributed by atoms with Crippen molar-refractivity contribution in [3.8, 4) is 0 Å². The maximum absolute atomic E-state index is 12.5. The first-order valence-electron chi connectivity index (χ1n) is 9.73. The van der Waals surface area contributed by atoms with E-state index in [0.29, 0.717) is 18.0 Å². The molecule has 0 spiro atoms. The summed E-state index contributed by atoms with van der Waals surface area (Å²) in [6, 6.07) is 7.84. The van der Waals surface area contributed by atoms with Crippen LogP contribution in [0.3, 0.4) is 0 Å². The van der Waals surface area contributed by atoms with Gasteiger partial charge in [0, 0.05) is 5.69 Å². The van der Waals surface area contributed by atoms with Gasteiger partial charge in [0.05, 0.1) is 5.54 Å². The Bertz CT molecular complexity index is 758. The molecule has 0 aromatic heterocycles. The van der Waals surface area contributed by atoms with Crippen molar-refractivity contribution in [3.05, 3.63) is 53.8 Å². The molecule has 1 aromatic carbocycles. The third-order valence-corrected chi connectivity index (χ3v) is 5.65. The summed E-state index contributed by atoms with van der Waals surface area (Å²) in [5.74, 6) is -0.811. The Balaban J connectivity index is 1.71. The van der Waals surface area contributed by atoms with Gasteiger partial charge in [0.1, 0.15) is 11.3 Å². The highest BCUT2D eigenvalue weighted by atomic mass is 16.3. The van der Waals surface area contributed by atoms with Crippen molar-refractivity contribution in [1.29, 1.82) is 0 Å². The van der Waals surface area contributed by atoms with Crippen LogP contribution in [0.25, 0.3) is 0 Å². The van der Waals surface area contributed by atoms with E-state index in [0.717, 1.165) is 0 Å². The summed E-state index contributed by atoms with van der Waals surface area (Å²) in [5, 5.41) is 15.8. The molecule has 5 heteroatoms. The van der Waals surface area contributed by atoms with Crippen LogP contribution in [0.5, 0.6) is 0 Å². The summed E-state index contributed by atoms with van der Waals surface area (Å²) < 4.78 is 0. The second-order valence-corrected chi connectivity index (χ2v) is 7.77. The van der Waals surface area contributed by atoms with E-state index >= 15 is 0 Å². The lowest BCUT2D eigenvalue weighted by Gasteiger charge is -2.22. The molecule has 0 saturated heterocycles. The molecule has 1 unspecified atom stereocenters. The van der Waals surface area contributed by atoms with Crippen molar-refractivity contribution in [2.45, 2.75) is 63.3 Å². The van der Waals surface area contributed by atoms with Crippen LogP contribution in [0.2, 0.25) is 0 Å². The molecule has 2 amide bonds.